The molecule has 0 spiro atoms. The van der Waals surface area contributed by atoms with E-state index in [-0.39, 0.29) is 6.03 Å². The molecule has 1 aromatic rings. The van der Waals surface area contributed by atoms with Gasteiger partial charge in [-0.1, -0.05) is 12.8 Å². The van der Waals surface area contributed by atoms with E-state index in [1.54, 1.807) is 24.3 Å². The first-order valence-corrected chi connectivity index (χ1v) is 6.41. The van der Waals surface area contributed by atoms with Gasteiger partial charge in [0.2, 0.25) is 0 Å². The van der Waals surface area contributed by atoms with Crippen LogP contribution in [0.5, 0.6) is 0 Å². The van der Waals surface area contributed by atoms with E-state index < -0.39 is 0 Å². The Bertz CT molecular complexity index is 406. The average molecular weight is 246 g/mol. The lowest BCUT2D eigenvalue weighted by Crippen LogP contribution is -2.35. The van der Waals surface area contributed by atoms with Crippen LogP contribution >= 0.6 is 0 Å². The van der Waals surface area contributed by atoms with Crippen molar-refractivity contribution in [2.45, 2.75) is 25.7 Å². The molecule has 0 bridgehead atoms. The van der Waals surface area contributed by atoms with Crippen LogP contribution in [0.25, 0.3) is 0 Å². The summed E-state index contributed by atoms with van der Waals surface area (Å²) in [5, 5.41) is 2.86. The van der Waals surface area contributed by atoms with Crippen molar-refractivity contribution < 1.29 is 9.59 Å². The van der Waals surface area contributed by atoms with Crippen LogP contribution in [0.1, 0.15) is 36.0 Å². The summed E-state index contributed by atoms with van der Waals surface area (Å²) in [6.07, 6.45) is 5.37. The van der Waals surface area contributed by atoms with Crippen molar-refractivity contribution in [1.29, 1.82) is 0 Å². The number of hydrogen-bond donors (Lipinski definition) is 1. The summed E-state index contributed by atoms with van der Waals surface area (Å²) in [6.45, 7) is 1.66. The second-order valence-corrected chi connectivity index (χ2v) is 4.57. The number of carbonyl (C=O) groups is 2. The number of nitrogens with one attached hydrogen (secondary N) is 1. The van der Waals surface area contributed by atoms with Gasteiger partial charge in [0.25, 0.3) is 0 Å². The number of benzene rings is 1. The Morgan fingerprint density at radius 3 is 2.22 bits per heavy atom. The Morgan fingerprint density at radius 2 is 1.67 bits per heavy atom. The van der Waals surface area contributed by atoms with Crippen molar-refractivity contribution in [3.8, 4) is 0 Å². The van der Waals surface area contributed by atoms with Crippen LogP contribution in [0.15, 0.2) is 24.3 Å². The van der Waals surface area contributed by atoms with Crippen molar-refractivity contribution in [2.75, 3.05) is 18.4 Å². The zero-order valence-corrected chi connectivity index (χ0v) is 10.4. The smallest absolute Gasteiger partial charge is 0.321 e. The summed E-state index contributed by atoms with van der Waals surface area (Å²) >= 11 is 0. The molecular formula is C14H18N2O2. The molecule has 96 valence electrons. The third-order valence-electron chi connectivity index (χ3n) is 3.19. The van der Waals surface area contributed by atoms with Gasteiger partial charge < -0.3 is 10.2 Å². The molecule has 2 amide bonds. The van der Waals surface area contributed by atoms with Crippen molar-refractivity contribution in [3.63, 3.8) is 0 Å². The number of hydrogen-bond acceptors (Lipinski definition) is 2. The van der Waals surface area contributed by atoms with Gasteiger partial charge in [-0.05, 0) is 37.1 Å². The van der Waals surface area contributed by atoms with Gasteiger partial charge >= 0.3 is 6.03 Å². The minimum absolute atomic E-state index is 0.0456. The van der Waals surface area contributed by atoms with Gasteiger partial charge in [0, 0.05) is 24.3 Å². The molecule has 4 nitrogen and oxygen atoms in total. The maximum atomic E-state index is 12.0. The maximum absolute atomic E-state index is 12.0. The minimum Gasteiger partial charge on any atom is -0.325 e. The number of amides is 2. The average Bonchev–Trinajstić information content (AvgIpc) is 2.68. The minimum atomic E-state index is -0.0456. The van der Waals surface area contributed by atoms with Crippen LogP contribution in [0, 0.1) is 0 Å². The first kappa shape index (κ1) is 12.6. The van der Waals surface area contributed by atoms with Gasteiger partial charge in [0.15, 0.2) is 0 Å². The number of nitrogens with zero attached hydrogens (tertiary/aromatic N) is 1. The Kier molecular flexibility index (Phi) is 4.34. The fourth-order valence-corrected chi connectivity index (χ4v) is 2.12. The molecule has 0 saturated carbocycles. The summed E-state index contributed by atoms with van der Waals surface area (Å²) in [5.41, 5.74) is 1.35. The molecular weight excluding hydrogens is 228 g/mol. The highest BCUT2D eigenvalue weighted by molar-refractivity contribution is 5.89. The van der Waals surface area contributed by atoms with Crippen LogP contribution in [0.2, 0.25) is 0 Å². The summed E-state index contributed by atoms with van der Waals surface area (Å²) < 4.78 is 0. The highest BCUT2D eigenvalue weighted by atomic mass is 16.2. The van der Waals surface area contributed by atoms with Gasteiger partial charge in [-0.25, -0.2) is 4.79 Å². The monoisotopic (exact) mass is 246 g/mol. The van der Waals surface area contributed by atoms with Crippen LogP contribution < -0.4 is 5.32 Å². The van der Waals surface area contributed by atoms with E-state index in [0.29, 0.717) is 5.56 Å². The number of rotatable bonds is 2. The Balaban J connectivity index is 1.94. The lowest BCUT2D eigenvalue weighted by atomic mass is 10.2. The van der Waals surface area contributed by atoms with Gasteiger partial charge in [0.1, 0.15) is 6.29 Å². The Labute approximate surface area is 107 Å². The van der Waals surface area contributed by atoms with Crippen LogP contribution in [0.3, 0.4) is 0 Å². The van der Waals surface area contributed by atoms with E-state index >= 15 is 0 Å². The van der Waals surface area contributed by atoms with Gasteiger partial charge in [-0.3, -0.25) is 4.79 Å². The first-order valence-electron chi connectivity index (χ1n) is 6.41. The fourth-order valence-electron chi connectivity index (χ4n) is 2.12. The van der Waals surface area contributed by atoms with Crippen molar-refractivity contribution in [2.24, 2.45) is 0 Å². The summed E-state index contributed by atoms with van der Waals surface area (Å²) in [7, 11) is 0. The number of likely N-dealkylation sites (tertiary alicyclic amines) is 1. The topological polar surface area (TPSA) is 49.4 Å². The quantitative estimate of drug-likeness (QED) is 0.816. The number of carbonyl (C=O) groups excluding carboxylic acids is 2. The number of anilines is 1. The van der Waals surface area contributed by atoms with Crippen molar-refractivity contribution in [3.05, 3.63) is 29.8 Å². The first-order chi connectivity index (χ1) is 8.79. The predicted molar refractivity (Wildman–Crippen MR) is 70.9 cm³/mol. The van der Waals surface area contributed by atoms with E-state index in [1.165, 1.54) is 12.8 Å². The van der Waals surface area contributed by atoms with E-state index in [4.69, 9.17) is 0 Å². The summed E-state index contributed by atoms with van der Waals surface area (Å²) in [5.74, 6) is 0. The van der Waals surface area contributed by atoms with Crippen LogP contribution in [-0.4, -0.2) is 30.3 Å². The zero-order chi connectivity index (χ0) is 12.8. The Morgan fingerprint density at radius 1 is 1.06 bits per heavy atom. The molecule has 18 heavy (non-hydrogen) atoms. The van der Waals surface area contributed by atoms with E-state index in [0.717, 1.165) is 37.9 Å². The van der Waals surface area contributed by atoms with Gasteiger partial charge in [-0.15, -0.1) is 0 Å². The molecule has 1 aliphatic heterocycles. The molecule has 0 radical (unpaired) electrons. The van der Waals surface area contributed by atoms with Crippen molar-refractivity contribution >= 4 is 18.0 Å². The molecule has 1 aromatic carbocycles. The molecule has 1 fully saturated rings. The predicted octanol–water partition coefficient (Wildman–Crippen LogP) is 2.91. The van der Waals surface area contributed by atoms with Crippen LogP contribution in [-0.2, 0) is 0 Å². The van der Waals surface area contributed by atoms with E-state index in [1.807, 2.05) is 4.90 Å². The molecule has 1 N–H and O–H groups in total. The SMILES string of the molecule is O=Cc1ccc(NC(=O)N2CCCCCC2)cc1. The van der Waals surface area contributed by atoms with Crippen LogP contribution in [0.4, 0.5) is 10.5 Å². The largest absolute Gasteiger partial charge is 0.325 e. The molecule has 0 aromatic heterocycles. The second-order valence-electron chi connectivity index (χ2n) is 4.57. The Hall–Kier alpha value is -1.84. The molecule has 0 atom stereocenters. The van der Waals surface area contributed by atoms with Crippen molar-refractivity contribution in [1.82, 2.24) is 4.90 Å². The summed E-state index contributed by atoms with van der Waals surface area (Å²) in [6, 6.07) is 6.85. The van der Waals surface area contributed by atoms with Gasteiger partial charge in [-0.2, -0.15) is 0 Å². The molecule has 1 aliphatic rings. The summed E-state index contributed by atoms with van der Waals surface area (Å²) in [4.78, 5) is 24.4. The van der Waals surface area contributed by atoms with E-state index in [2.05, 4.69) is 5.32 Å². The van der Waals surface area contributed by atoms with E-state index in [9.17, 15) is 9.59 Å². The molecule has 4 heteroatoms. The zero-order valence-electron chi connectivity index (χ0n) is 10.4. The highest BCUT2D eigenvalue weighted by Crippen LogP contribution is 2.13. The standard InChI is InChI=1S/C14H18N2O2/c17-11-12-5-7-13(8-6-12)15-14(18)16-9-3-1-2-4-10-16/h5-8,11H,1-4,9-10H2,(H,15,18). The number of urea groups is 1. The molecule has 1 saturated heterocycles. The second kappa shape index (κ2) is 6.19. The normalized spacial score (nSPS) is 15.9. The molecule has 1 heterocycles. The highest BCUT2D eigenvalue weighted by Gasteiger charge is 2.15. The lowest BCUT2D eigenvalue weighted by Gasteiger charge is -2.20. The molecule has 2 rings (SSSR count). The molecule has 0 unspecified atom stereocenters. The molecule has 0 aliphatic carbocycles. The third kappa shape index (κ3) is 3.32. The maximum Gasteiger partial charge on any atom is 0.321 e. The lowest BCUT2D eigenvalue weighted by molar-refractivity contribution is 0.112. The fraction of sp³-hybridized carbons (Fsp3) is 0.429. The number of aldehydes is 1. The third-order valence-corrected chi connectivity index (χ3v) is 3.19. The van der Waals surface area contributed by atoms with Gasteiger partial charge in [0.05, 0.1) is 0 Å².